The summed E-state index contributed by atoms with van der Waals surface area (Å²) in [5.74, 6) is 0. The summed E-state index contributed by atoms with van der Waals surface area (Å²) < 4.78 is 30.8. The maximum atomic E-state index is 12.7. The fourth-order valence-corrected chi connectivity index (χ4v) is 3.58. The van der Waals surface area contributed by atoms with Gasteiger partial charge < -0.3 is 9.64 Å². The van der Waals surface area contributed by atoms with Gasteiger partial charge in [0.25, 0.3) is 0 Å². The maximum Gasteiger partial charge on any atom is 0.204 e. The van der Waals surface area contributed by atoms with E-state index in [1.807, 2.05) is 24.0 Å². The Morgan fingerprint density at radius 3 is 2.48 bits per heavy atom. The predicted octanol–water partition coefficient (Wildman–Crippen LogP) is 2.52. The fraction of sp³-hybridized carbons (Fsp3) is 0.375. The van der Waals surface area contributed by atoms with E-state index in [1.54, 1.807) is 24.4 Å². The van der Waals surface area contributed by atoms with Crippen LogP contribution in [0.5, 0.6) is 0 Å². The lowest BCUT2D eigenvalue weighted by molar-refractivity contribution is 0.0592. The Balaban J connectivity index is 2.33. The third-order valence-corrected chi connectivity index (χ3v) is 5.25. The smallest absolute Gasteiger partial charge is 0.204 e. The molecule has 1 aromatic rings. The van der Waals surface area contributed by atoms with Crippen molar-refractivity contribution in [1.82, 2.24) is 4.90 Å². The van der Waals surface area contributed by atoms with Crippen molar-refractivity contribution < 1.29 is 13.2 Å². The van der Waals surface area contributed by atoms with E-state index in [1.165, 1.54) is 0 Å². The van der Waals surface area contributed by atoms with E-state index in [-0.39, 0.29) is 0 Å². The van der Waals surface area contributed by atoms with Crippen LogP contribution >= 0.6 is 0 Å². The molecule has 5 heteroatoms. The number of allylic oxidation sites excluding steroid dienone is 2. The number of nitrogens with zero attached hydrogens (tertiary/aromatic N) is 1. The topological polar surface area (TPSA) is 46.6 Å². The lowest BCUT2D eigenvalue weighted by Crippen LogP contribution is -2.32. The van der Waals surface area contributed by atoms with Gasteiger partial charge >= 0.3 is 0 Å². The normalized spacial score (nSPS) is 16.8. The first-order valence-electron chi connectivity index (χ1n) is 6.99. The van der Waals surface area contributed by atoms with Crippen LogP contribution in [0.3, 0.4) is 0 Å². The lowest BCUT2D eigenvalue weighted by atomic mass is 10.2. The van der Waals surface area contributed by atoms with Crippen LogP contribution in [0.4, 0.5) is 0 Å². The van der Waals surface area contributed by atoms with Crippen molar-refractivity contribution in [2.24, 2.45) is 0 Å². The van der Waals surface area contributed by atoms with E-state index >= 15 is 0 Å². The summed E-state index contributed by atoms with van der Waals surface area (Å²) in [7, 11) is -3.47. The Morgan fingerprint density at radius 1 is 1.29 bits per heavy atom. The van der Waals surface area contributed by atoms with Crippen LogP contribution in [0.1, 0.15) is 12.0 Å². The van der Waals surface area contributed by atoms with Crippen molar-refractivity contribution in [3.05, 3.63) is 53.6 Å². The number of sulfone groups is 1. The number of rotatable bonds is 5. The first kappa shape index (κ1) is 15.8. The van der Waals surface area contributed by atoms with Gasteiger partial charge in [0.05, 0.1) is 23.0 Å². The standard InChI is InChI=1S/C16H21NO3S/c1-3-4-16(13-17-9-11-20-12-10-17)21(18,19)15-7-5-14(2)6-8-15/h3,5-8,13H,1,4,9-12H2,2H3/b16-13+. The zero-order valence-corrected chi connectivity index (χ0v) is 13.1. The molecule has 1 saturated heterocycles. The van der Waals surface area contributed by atoms with Crippen molar-refractivity contribution >= 4 is 9.84 Å². The van der Waals surface area contributed by atoms with E-state index in [2.05, 4.69) is 6.58 Å². The second-order valence-corrected chi connectivity index (χ2v) is 7.06. The molecule has 0 amide bonds. The summed E-state index contributed by atoms with van der Waals surface area (Å²) in [6.07, 6.45) is 3.69. The van der Waals surface area contributed by atoms with Gasteiger partial charge in [-0.3, -0.25) is 0 Å². The van der Waals surface area contributed by atoms with Crippen molar-refractivity contribution in [3.63, 3.8) is 0 Å². The number of hydrogen-bond acceptors (Lipinski definition) is 4. The Hall–Kier alpha value is -1.59. The zero-order valence-electron chi connectivity index (χ0n) is 12.3. The van der Waals surface area contributed by atoms with Crippen LogP contribution in [0, 0.1) is 6.92 Å². The van der Waals surface area contributed by atoms with Crippen LogP contribution in [-0.2, 0) is 14.6 Å². The number of benzene rings is 1. The summed E-state index contributed by atoms with van der Waals surface area (Å²) in [6, 6.07) is 6.93. The zero-order chi connectivity index (χ0) is 15.3. The van der Waals surface area contributed by atoms with Gasteiger partial charge in [-0.2, -0.15) is 0 Å². The monoisotopic (exact) mass is 307 g/mol. The van der Waals surface area contributed by atoms with Crippen molar-refractivity contribution in [3.8, 4) is 0 Å². The van der Waals surface area contributed by atoms with Crippen LogP contribution in [0.25, 0.3) is 0 Å². The van der Waals surface area contributed by atoms with Gasteiger partial charge in [-0.05, 0) is 19.1 Å². The molecule has 0 aliphatic carbocycles. The molecule has 114 valence electrons. The number of hydrogen-bond donors (Lipinski definition) is 0. The van der Waals surface area contributed by atoms with Gasteiger partial charge in [0.2, 0.25) is 9.84 Å². The van der Waals surface area contributed by atoms with Gasteiger partial charge in [0.1, 0.15) is 0 Å². The predicted molar refractivity (Wildman–Crippen MR) is 83.7 cm³/mol. The van der Waals surface area contributed by atoms with Crippen LogP contribution in [0.15, 0.2) is 52.9 Å². The minimum atomic E-state index is -3.47. The highest BCUT2D eigenvalue weighted by atomic mass is 32.2. The van der Waals surface area contributed by atoms with E-state index < -0.39 is 9.84 Å². The molecular weight excluding hydrogens is 286 g/mol. The first-order chi connectivity index (χ1) is 10.0. The molecule has 1 aromatic carbocycles. The third kappa shape index (κ3) is 3.95. The molecule has 1 heterocycles. The van der Waals surface area contributed by atoms with Crippen LogP contribution < -0.4 is 0 Å². The summed E-state index contributed by atoms with van der Waals surface area (Å²) in [5.41, 5.74) is 1.04. The van der Waals surface area contributed by atoms with Crippen molar-refractivity contribution in [1.29, 1.82) is 0 Å². The van der Waals surface area contributed by atoms with Crippen LogP contribution in [0.2, 0.25) is 0 Å². The van der Waals surface area contributed by atoms with Crippen LogP contribution in [-0.4, -0.2) is 39.6 Å². The highest BCUT2D eigenvalue weighted by molar-refractivity contribution is 7.95. The average Bonchev–Trinajstić information content (AvgIpc) is 2.48. The van der Waals surface area contributed by atoms with E-state index in [9.17, 15) is 8.42 Å². The first-order valence-corrected chi connectivity index (χ1v) is 8.47. The van der Waals surface area contributed by atoms with E-state index in [4.69, 9.17) is 4.74 Å². The SMILES string of the molecule is C=CC/C(=C\N1CCOCC1)S(=O)(=O)c1ccc(C)cc1. The molecule has 0 bridgehead atoms. The summed E-state index contributed by atoms with van der Waals surface area (Å²) >= 11 is 0. The van der Waals surface area contributed by atoms with Crippen molar-refractivity contribution in [2.45, 2.75) is 18.2 Å². The molecule has 0 aromatic heterocycles. The molecule has 1 aliphatic rings. The van der Waals surface area contributed by atoms with Gasteiger partial charge in [0, 0.05) is 25.7 Å². The highest BCUT2D eigenvalue weighted by Gasteiger charge is 2.21. The molecule has 0 N–H and O–H groups in total. The Bertz CT molecular complexity index is 611. The summed E-state index contributed by atoms with van der Waals surface area (Å²) in [6.45, 7) is 8.28. The molecule has 0 spiro atoms. The fourth-order valence-electron chi connectivity index (χ4n) is 2.15. The molecule has 0 atom stereocenters. The number of ether oxygens (including phenoxy) is 1. The second-order valence-electron chi connectivity index (χ2n) is 5.05. The van der Waals surface area contributed by atoms with Gasteiger partial charge in [0.15, 0.2) is 0 Å². The minimum absolute atomic E-state index is 0.327. The van der Waals surface area contributed by atoms with E-state index in [0.29, 0.717) is 42.5 Å². The maximum absolute atomic E-state index is 12.7. The number of aryl methyl sites for hydroxylation is 1. The molecule has 1 fully saturated rings. The highest BCUT2D eigenvalue weighted by Crippen LogP contribution is 2.23. The molecule has 21 heavy (non-hydrogen) atoms. The third-order valence-electron chi connectivity index (χ3n) is 3.39. The number of morpholine rings is 1. The Kier molecular flexibility index (Phi) is 5.20. The summed E-state index contributed by atoms with van der Waals surface area (Å²) in [5, 5.41) is 0. The van der Waals surface area contributed by atoms with Gasteiger partial charge in [-0.15, -0.1) is 6.58 Å². The molecule has 0 radical (unpaired) electrons. The molecule has 2 rings (SSSR count). The molecule has 1 aliphatic heterocycles. The Labute approximate surface area is 126 Å². The summed E-state index contributed by atoms with van der Waals surface area (Å²) in [4.78, 5) is 2.70. The van der Waals surface area contributed by atoms with Gasteiger partial charge in [-0.1, -0.05) is 23.8 Å². The molecular formula is C16H21NO3S. The Morgan fingerprint density at radius 2 is 1.90 bits per heavy atom. The molecule has 4 nitrogen and oxygen atoms in total. The molecule has 0 saturated carbocycles. The quantitative estimate of drug-likeness (QED) is 0.784. The lowest BCUT2D eigenvalue weighted by Gasteiger charge is -2.26. The van der Waals surface area contributed by atoms with Crippen molar-refractivity contribution in [2.75, 3.05) is 26.3 Å². The van der Waals surface area contributed by atoms with Gasteiger partial charge in [-0.25, -0.2) is 8.42 Å². The second kappa shape index (κ2) is 6.91. The minimum Gasteiger partial charge on any atom is -0.378 e. The molecule has 0 unspecified atom stereocenters. The largest absolute Gasteiger partial charge is 0.378 e. The average molecular weight is 307 g/mol. The van der Waals surface area contributed by atoms with E-state index in [0.717, 1.165) is 5.56 Å².